The monoisotopic (exact) mass is 299 g/mol. The first-order valence-corrected chi connectivity index (χ1v) is 8.23. The van der Waals surface area contributed by atoms with Crippen LogP contribution in [0.5, 0.6) is 0 Å². The molecule has 21 heavy (non-hydrogen) atoms. The molecule has 2 aromatic heterocycles. The number of imidazole rings is 1. The third-order valence-electron chi connectivity index (χ3n) is 3.70. The first-order chi connectivity index (χ1) is 10.1. The topological polar surface area (TPSA) is 43.8 Å². The van der Waals surface area contributed by atoms with Crippen molar-refractivity contribution in [1.82, 2.24) is 9.55 Å². The molecule has 0 unspecified atom stereocenters. The highest BCUT2D eigenvalue weighted by Crippen LogP contribution is 2.26. The third-order valence-corrected chi connectivity index (χ3v) is 4.91. The van der Waals surface area contributed by atoms with E-state index in [1.165, 1.54) is 15.3 Å². The molecule has 3 nitrogen and oxygen atoms in total. The van der Waals surface area contributed by atoms with Gasteiger partial charge >= 0.3 is 0 Å². The van der Waals surface area contributed by atoms with Crippen LogP contribution in [0.15, 0.2) is 30.3 Å². The molecule has 3 rings (SSSR count). The molecule has 0 fully saturated rings. The van der Waals surface area contributed by atoms with Gasteiger partial charge in [0.2, 0.25) is 0 Å². The quantitative estimate of drug-likeness (QED) is 0.725. The summed E-state index contributed by atoms with van der Waals surface area (Å²) in [6, 6.07) is 10.5. The van der Waals surface area contributed by atoms with Gasteiger partial charge in [-0.3, -0.25) is 0 Å². The third kappa shape index (κ3) is 2.68. The van der Waals surface area contributed by atoms with Crippen molar-refractivity contribution in [1.29, 1.82) is 0 Å². The number of anilines is 1. The van der Waals surface area contributed by atoms with Gasteiger partial charge in [-0.15, -0.1) is 11.3 Å². The summed E-state index contributed by atoms with van der Waals surface area (Å²) >= 11 is 1.89. The second-order valence-corrected chi connectivity index (χ2v) is 6.93. The minimum absolute atomic E-state index is 0.393. The van der Waals surface area contributed by atoms with E-state index >= 15 is 0 Å². The lowest BCUT2D eigenvalue weighted by molar-refractivity contribution is 0.688. The van der Waals surface area contributed by atoms with E-state index in [-0.39, 0.29) is 0 Å². The minimum Gasteiger partial charge on any atom is -0.399 e. The average molecular weight is 299 g/mol. The predicted molar refractivity (Wildman–Crippen MR) is 91.0 cm³/mol. The number of nitrogen functional groups attached to an aromatic ring is 1. The summed E-state index contributed by atoms with van der Waals surface area (Å²) in [6.07, 6.45) is 1.10. The van der Waals surface area contributed by atoms with Gasteiger partial charge in [0.05, 0.1) is 17.6 Å². The fourth-order valence-corrected chi connectivity index (χ4v) is 3.57. The molecule has 0 radical (unpaired) electrons. The normalized spacial score (nSPS) is 11.6. The van der Waals surface area contributed by atoms with Crippen LogP contribution in [0.2, 0.25) is 0 Å². The molecule has 1 aromatic carbocycles. The molecule has 3 aromatic rings. The van der Waals surface area contributed by atoms with Gasteiger partial charge in [0, 0.05) is 21.4 Å². The van der Waals surface area contributed by atoms with Crippen LogP contribution in [-0.2, 0) is 13.0 Å². The van der Waals surface area contributed by atoms with Gasteiger partial charge < -0.3 is 10.3 Å². The Morgan fingerprint density at radius 2 is 1.95 bits per heavy atom. The van der Waals surface area contributed by atoms with Crippen LogP contribution in [0, 0.1) is 0 Å². The SMILES string of the molecule is CCc1ccc(Cn2c(C(C)C)nc3cc(N)ccc32)s1. The van der Waals surface area contributed by atoms with Crippen molar-refractivity contribution in [3.63, 3.8) is 0 Å². The maximum Gasteiger partial charge on any atom is 0.112 e. The molecule has 0 amide bonds. The number of rotatable bonds is 4. The average Bonchev–Trinajstić information content (AvgIpc) is 3.04. The lowest BCUT2D eigenvalue weighted by Crippen LogP contribution is -2.05. The Morgan fingerprint density at radius 3 is 2.62 bits per heavy atom. The minimum atomic E-state index is 0.393. The number of nitrogens with zero attached hydrogens (tertiary/aromatic N) is 2. The Bertz CT molecular complexity index is 768. The molecular formula is C17H21N3S. The smallest absolute Gasteiger partial charge is 0.112 e. The molecule has 0 aliphatic rings. The van der Waals surface area contributed by atoms with Crippen molar-refractivity contribution in [3.05, 3.63) is 45.9 Å². The Labute approximate surface area is 129 Å². The molecule has 0 spiro atoms. The molecule has 0 saturated carbocycles. The van der Waals surface area contributed by atoms with Crippen molar-refractivity contribution in [2.24, 2.45) is 0 Å². The number of hydrogen-bond donors (Lipinski definition) is 1. The van der Waals surface area contributed by atoms with Gasteiger partial charge in [0.1, 0.15) is 5.82 Å². The van der Waals surface area contributed by atoms with Crippen molar-refractivity contribution in [3.8, 4) is 0 Å². The van der Waals surface area contributed by atoms with E-state index in [1.807, 2.05) is 23.5 Å². The van der Waals surface area contributed by atoms with E-state index in [2.05, 4.69) is 43.5 Å². The summed E-state index contributed by atoms with van der Waals surface area (Å²) in [4.78, 5) is 7.60. The molecular weight excluding hydrogens is 278 g/mol. The van der Waals surface area contributed by atoms with Crippen LogP contribution in [0.25, 0.3) is 11.0 Å². The molecule has 0 atom stereocenters. The largest absolute Gasteiger partial charge is 0.399 e. The summed E-state index contributed by atoms with van der Waals surface area (Å²) in [5, 5.41) is 0. The first kappa shape index (κ1) is 14.1. The zero-order chi connectivity index (χ0) is 15.0. The summed E-state index contributed by atoms with van der Waals surface area (Å²) in [5.74, 6) is 1.52. The standard InChI is InChI=1S/C17H21N3S/c1-4-13-6-7-14(21-13)10-20-16-8-5-12(18)9-15(16)19-17(20)11(2)3/h5-9,11H,4,10,18H2,1-3H3. The highest BCUT2D eigenvalue weighted by atomic mass is 32.1. The Balaban J connectivity index is 2.08. The molecule has 4 heteroatoms. The van der Waals surface area contributed by atoms with E-state index in [0.717, 1.165) is 30.0 Å². The molecule has 0 aliphatic carbocycles. The molecule has 0 bridgehead atoms. The Hall–Kier alpha value is -1.81. The van der Waals surface area contributed by atoms with E-state index in [4.69, 9.17) is 10.7 Å². The maximum atomic E-state index is 5.89. The van der Waals surface area contributed by atoms with E-state index in [1.54, 1.807) is 0 Å². The molecule has 0 aliphatic heterocycles. The molecule has 2 N–H and O–H groups in total. The van der Waals surface area contributed by atoms with Gasteiger partial charge in [-0.2, -0.15) is 0 Å². The number of benzene rings is 1. The number of fused-ring (bicyclic) bond motifs is 1. The van der Waals surface area contributed by atoms with Crippen LogP contribution >= 0.6 is 11.3 Å². The van der Waals surface area contributed by atoms with Gasteiger partial charge in [0.15, 0.2) is 0 Å². The van der Waals surface area contributed by atoms with Crippen LogP contribution in [-0.4, -0.2) is 9.55 Å². The zero-order valence-corrected chi connectivity index (χ0v) is 13.6. The molecule has 2 heterocycles. The van der Waals surface area contributed by atoms with Crippen LogP contribution in [0.1, 0.15) is 42.3 Å². The van der Waals surface area contributed by atoms with Crippen molar-refractivity contribution >= 4 is 28.1 Å². The number of aryl methyl sites for hydroxylation is 1. The van der Waals surface area contributed by atoms with E-state index < -0.39 is 0 Å². The number of aromatic nitrogens is 2. The predicted octanol–water partition coefficient (Wildman–Crippen LogP) is 4.41. The van der Waals surface area contributed by atoms with Crippen molar-refractivity contribution < 1.29 is 0 Å². The van der Waals surface area contributed by atoms with Crippen LogP contribution < -0.4 is 5.73 Å². The Kier molecular flexibility index (Phi) is 3.72. The van der Waals surface area contributed by atoms with Crippen molar-refractivity contribution in [2.45, 2.75) is 39.7 Å². The van der Waals surface area contributed by atoms with Crippen molar-refractivity contribution in [2.75, 3.05) is 5.73 Å². The summed E-state index contributed by atoms with van der Waals surface area (Å²) in [7, 11) is 0. The van der Waals surface area contributed by atoms with E-state index in [9.17, 15) is 0 Å². The van der Waals surface area contributed by atoms with Gasteiger partial charge in [-0.25, -0.2) is 4.98 Å². The van der Waals surface area contributed by atoms with E-state index in [0.29, 0.717) is 5.92 Å². The summed E-state index contributed by atoms with van der Waals surface area (Å²) in [5.41, 5.74) is 8.81. The highest BCUT2D eigenvalue weighted by Gasteiger charge is 2.14. The maximum absolute atomic E-state index is 5.89. The number of hydrogen-bond acceptors (Lipinski definition) is 3. The second-order valence-electron chi connectivity index (χ2n) is 5.68. The summed E-state index contributed by atoms with van der Waals surface area (Å²) in [6.45, 7) is 7.46. The molecule has 110 valence electrons. The summed E-state index contributed by atoms with van der Waals surface area (Å²) < 4.78 is 2.32. The second kappa shape index (κ2) is 5.53. The van der Waals surface area contributed by atoms with Crippen LogP contribution in [0.3, 0.4) is 0 Å². The number of nitrogens with two attached hydrogens (primary N) is 1. The lowest BCUT2D eigenvalue weighted by Gasteiger charge is -2.10. The number of thiophene rings is 1. The Morgan fingerprint density at radius 1 is 1.19 bits per heavy atom. The fraction of sp³-hybridized carbons (Fsp3) is 0.353. The van der Waals surface area contributed by atoms with Gasteiger partial charge in [-0.1, -0.05) is 20.8 Å². The van der Waals surface area contributed by atoms with Gasteiger partial charge in [0.25, 0.3) is 0 Å². The lowest BCUT2D eigenvalue weighted by atomic mass is 10.2. The first-order valence-electron chi connectivity index (χ1n) is 7.41. The van der Waals surface area contributed by atoms with Crippen LogP contribution in [0.4, 0.5) is 5.69 Å². The van der Waals surface area contributed by atoms with Gasteiger partial charge in [-0.05, 0) is 36.8 Å². The molecule has 0 saturated heterocycles. The fourth-order valence-electron chi connectivity index (χ4n) is 2.63. The highest BCUT2D eigenvalue weighted by molar-refractivity contribution is 7.11. The zero-order valence-electron chi connectivity index (χ0n) is 12.8.